The molecule has 0 heterocycles. The second-order valence-electron chi connectivity index (χ2n) is 3.17. The van der Waals surface area contributed by atoms with Gasteiger partial charge in [-0.25, -0.2) is 0 Å². The predicted octanol–water partition coefficient (Wildman–Crippen LogP) is 3.27. The van der Waals surface area contributed by atoms with Crippen molar-refractivity contribution in [3.8, 4) is 11.5 Å². The summed E-state index contributed by atoms with van der Waals surface area (Å²) in [5, 5.41) is 0. The number of hydrogen-bond acceptors (Lipinski definition) is 2. The van der Waals surface area contributed by atoms with E-state index in [1.807, 2.05) is 0 Å². The first-order valence-corrected chi connectivity index (χ1v) is 4.48. The highest BCUT2D eigenvalue weighted by Gasteiger charge is 2.58. The van der Waals surface area contributed by atoms with E-state index in [1.54, 1.807) is 0 Å². The highest BCUT2D eigenvalue weighted by Crippen LogP contribution is 2.35. The maximum absolute atomic E-state index is 12.5. The molecule has 0 atom stereocenters. The third kappa shape index (κ3) is 3.47. The topological polar surface area (TPSA) is 18.5 Å². The zero-order chi connectivity index (χ0) is 13.1. The largest absolute Gasteiger partial charge is 0.497 e. The van der Waals surface area contributed by atoms with E-state index in [9.17, 15) is 22.0 Å². The molecule has 0 aliphatic rings. The van der Waals surface area contributed by atoms with Crippen molar-refractivity contribution in [2.75, 3.05) is 13.7 Å². The van der Waals surface area contributed by atoms with Crippen molar-refractivity contribution >= 4 is 0 Å². The summed E-state index contributed by atoms with van der Waals surface area (Å²) in [4.78, 5) is 0. The Hall–Kier alpha value is -1.53. The maximum Gasteiger partial charge on any atom is 0.456 e. The SMILES string of the molecule is COc1ccc(OCC(F)(F)C(F)(F)F)cc1. The Morgan fingerprint density at radius 3 is 1.82 bits per heavy atom. The second-order valence-corrected chi connectivity index (χ2v) is 3.17. The molecule has 0 spiro atoms. The fraction of sp³-hybridized carbons (Fsp3) is 0.400. The molecule has 17 heavy (non-hydrogen) atoms. The first kappa shape index (κ1) is 13.5. The van der Waals surface area contributed by atoms with E-state index >= 15 is 0 Å². The van der Waals surface area contributed by atoms with Gasteiger partial charge in [0.2, 0.25) is 0 Å². The van der Waals surface area contributed by atoms with Gasteiger partial charge in [0.1, 0.15) is 11.5 Å². The van der Waals surface area contributed by atoms with E-state index < -0.39 is 18.7 Å². The van der Waals surface area contributed by atoms with Gasteiger partial charge in [0.15, 0.2) is 6.61 Å². The minimum Gasteiger partial charge on any atom is -0.497 e. The molecule has 0 radical (unpaired) electrons. The third-order valence-corrected chi connectivity index (χ3v) is 1.89. The Balaban J connectivity index is 2.61. The van der Waals surface area contributed by atoms with Crippen LogP contribution in [0.1, 0.15) is 0 Å². The minimum absolute atomic E-state index is 0.0882. The molecule has 0 amide bonds. The summed E-state index contributed by atoms with van der Waals surface area (Å²) in [7, 11) is 1.40. The van der Waals surface area contributed by atoms with Crippen molar-refractivity contribution in [3.05, 3.63) is 24.3 Å². The molecule has 0 unspecified atom stereocenters. The summed E-state index contributed by atoms with van der Waals surface area (Å²) in [5.74, 6) is -4.51. The fourth-order valence-corrected chi connectivity index (χ4v) is 0.928. The van der Waals surface area contributed by atoms with Gasteiger partial charge in [-0.3, -0.25) is 0 Å². The van der Waals surface area contributed by atoms with Crippen molar-refractivity contribution < 1.29 is 31.4 Å². The zero-order valence-corrected chi connectivity index (χ0v) is 8.72. The van der Waals surface area contributed by atoms with Crippen LogP contribution in [0.25, 0.3) is 0 Å². The molecule has 1 rings (SSSR count). The van der Waals surface area contributed by atoms with Crippen LogP contribution in [-0.4, -0.2) is 25.8 Å². The Morgan fingerprint density at radius 1 is 0.941 bits per heavy atom. The van der Waals surface area contributed by atoms with Gasteiger partial charge >= 0.3 is 12.1 Å². The molecule has 0 saturated carbocycles. The smallest absolute Gasteiger partial charge is 0.456 e. The summed E-state index contributed by atoms with van der Waals surface area (Å²) >= 11 is 0. The summed E-state index contributed by atoms with van der Waals surface area (Å²) in [6.07, 6.45) is -5.61. The number of benzene rings is 1. The first-order valence-electron chi connectivity index (χ1n) is 4.48. The van der Waals surface area contributed by atoms with E-state index in [4.69, 9.17) is 4.74 Å². The van der Waals surface area contributed by atoms with E-state index in [1.165, 1.54) is 31.4 Å². The van der Waals surface area contributed by atoms with Gasteiger partial charge in [-0.1, -0.05) is 0 Å². The van der Waals surface area contributed by atoms with Crippen molar-refractivity contribution in [2.45, 2.75) is 12.1 Å². The first-order chi connectivity index (χ1) is 7.76. The molecule has 0 saturated heterocycles. The average molecular weight is 256 g/mol. The molecule has 1 aromatic rings. The molecule has 2 nitrogen and oxygen atoms in total. The lowest BCUT2D eigenvalue weighted by atomic mass is 10.3. The summed E-state index contributed by atoms with van der Waals surface area (Å²) in [6.45, 7) is -1.75. The number of methoxy groups -OCH3 is 1. The summed E-state index contributed by atoms with van der Waals surface area (Å²) in [5.41, 5.74) is 0. The lowest BCUT2D eigenvalue weighted by molar-refractivity contribution is -0.290. The second kappa shape index (κ2) is 4.77. The molecule has 7 heteroatoms. The van der Waals surface area contributed by atoms with Crippen LogP contribution in [-0.2, 0) is 0 Å². The van der Waals surface area contributed by atoms with Crippen molar-refractivity contribution in [1.82, 2.24) is 0 Å². The van der Waals surface area contributed by atoms with Gasteiger partial charge in [-0.2, -0.15) is 22.0 Å². The lowest BCUT2D eigenvalue weighted by Gasteiger charge is -2.19. The number of halogens is 5. The van der Waals surface area contributed by atoms with Crippen LogP contribution in [0, 0.1) is 0 Å². The Kier molecular flexibility index (Phi) is 3.79. The number of rotatable bonds is 4. The van der Waals surface area contributed by atoms with Crippen LogP contribution in [0.15, 0.2) is 24.3 Å². The van der Waals surface area contributed by atoms with Gasteiger partial charge in [-0.05, 0) is 24.3 Å². The van der Waals surface area contributed by atoms with Crippen molar-refractivity contribution in [1.29, 1.82) is 0 Å². The van der Waals surface area contributed by atoms with E-state index in [0.717, 1.165) is 0 Å². The highest BCUT2D eigenvalue weighted by atomic mass is 19.4. The van der Waals surface area contributed by atoms with E-state index in [2.05, 4.69) is 4.74 Å². The van der Waals surface area contributed by atoms with Crippen LogP contribution < -0.4 is 9.47 Å². The highest BCUT2D eigenvalue weighted by molar-refractivity contribution is 5.31. The molecule has 0 bridgehead atoms. The van der Waals surface area contributed by atoms with Gasteiger partial charge in [-0.15, -0.1) is 0 Å². The molecule has 0 fully saturated rings. The molecular formula is C10H9F5O2. The zero-order valence-electron chi connectivity index (χ0n) is 8.72. The Bertz CT molecular complexity index is 358. The lowest BCUT2D eigenvalue weighted by Crippen LogP contribution is -2.41. The van der Waals surface area contributed by atoms with E-state index in [-0.39, 0.29) is 5.75 Å². The van der Waals surface area contributed by atoms with Gasteiger partial charge < -0.3 is 9.47 Å². The standard InChI is InChI=1S/C10H9F5O2/c1-16-7-2-4-8(5-3-7)17-6-9(11,12)10(13,14)15/h2-5H,6H2,1H3. The van der Waals surface area contributed by atoms with Crippen molar-refractivity contribution in [3.63, 3.8) is 0 Å². The summed E-state index contributed by atoms with van der Waals surface area (Å²) < 4.78 is 69.5. The monoisotopic (exact) mass is 256 g/mol. The van der Waals surface area contributed by atoms with Crippen LogP contribution in [0.4, 0.5) is 22.0 Å². The number of alkyl halides is 5. The minimum atomic E-state index is -5.61. The predicted molar refractivity (Wildman–Crippen MR) is 49.5 cm³/mol. The molecule has 0 aliphatic carbocycles. The van der Waals surface area contributed by atoms with Crippen molar-refractivity contribution in [2.24, 2.45) is 0 Å². The summed E-state index contributed by atoms with van der Waals surface area (Å²) in [6, 6.07) is 5.26. The van der Waals surface area contributed by atoms with Crippen LogP contribution in [0.3, 0.4) is 0 Å². The third-order valence-electron chi connectivity index (χ3n) is 1.89. The number of hydrogen-bond donors (Lipinski definition) is 0. The molecule has 0 aromatic heterocycles. The van der Waals surface area contributed by atoms with Crippen LogP contribution >= 0.6 is 0 Å². The van der Waals surface area contributed by atoms with Crippen LogP contribution in [0.2, 0.25) is 0 Å². The fourth-order valence-electron chi connectivity index (χ4n) is 0.928. The molecule has 0 N–H and O–H groups in total. The van der Waals surface area contributed by atoms with Gasteiger partial charge in [0, 0.05) is 0 Å². The van der Waals surface area contributed by atoms with Gasteiger partial charge in [0.25, 0.3) is 0 Å². The molecular weight excluding hydrogens is 247 g/mol. The van der Waals surface area contributed by atoms with Gasteiger partial charge in [0.05, 0.1) is 7.11 Å². The Labute approximate surface area is 93.9 Å². The van der Waals surface area contributed by atoms with E-state index in [0.29, 0.717) is 5.75 Å². The molecule has 0 aliphatic heterocycles. The maximum atomic E-state index is 12.5. The normalized spacial score (nSPS) is 12.4. The molecule has 1 aromatic carbocycles. The molecule has 96 valence electrons. The average Bonchev–Trinajstić information content (AvgIpc) is 2.25. The van der Waals surface area contributed by atoms with Crippen LogP contribution in [0.5, 0.6) is 11.5 Å². The Morgan fingerprint density at radius 2 is 1.41 bits per heavy atom. The quantitative estimate of drug-likeness (QED) is 0.770. The number of ether oxygens (including phenoxy) is 2.